The molecule has 2 heteroatoms. The van der Waals surface area contributed by atoms with Gasteiger partial charge in [0.15, 0.2) is 0 Å². The zero-order valence-electron chi connectivity index (χ0n) is 12.6. The van der Waals surface area contributed by atoms with E-state index in [1.165, 1.54) is 16.7 Å². The molecule has 0 aliphatic rings. The summed E-state index contributed by atoms with van der Waals surface area (Å²) >= 11 is 0. The lowest BCUT2D eigenvalue weighted by Crippen LogP contribution is -2.24. The van der Waals surface area contributed by atoms with Gasteiger partial charge in [-0.1, -0.05) is 61.5 Å². The maximum Gasteiger partial charge on any atom is 0.220 e. The highest BCUT2D eigenvalue weighted by Crippen LogP contribution is 2.11. The van der Waals surface area contributed by atoms with Crippen LogP contribution in [-0.2, 0) is 17.6 Å². The minimum Gasteiger partial charge on any atom is -0.356 e. The van der Waals surface area contributed by atoms with Crippen LogP contribution in [0.25, 0.3) is 0 Å². The van der Waals surface area contributed by atoms with E-state index in [2.05, 4.69) is 60.8 Å². The Morgan fingerprint density at radius 3 is 2.19 bits per heavy atom. The van der Waals surface area contributed by atoms with Crippen molar-refractivity contribution in [1.29, 1.82) is 0 Å². The van der Waals surface area contributed by atoms with Crippen LogP contribution in [0.3, 0.4) is 0 Å². The van der Waals surface area contributed by atoms with E-state index >= 15 is 0 Å². The first kappa shape index (κ1) is 15.3. The topological polar surface area (TPSA) is 29.1 Å². The molecule has 2 aromatic rings. The van der Waals surface area contributed by atoms with Crippen LogP contribution in [-0.4, -0.2) is 12.5 Å². The number of hydrogen-bond acceptors (Lipinski definition) is 1. The molecule has 2 nitrogen and oxygen atoms in total. The summed E-state index contributed by atoms with van der Waals surface area (Å²) in [5, 5.41) is 2.91. The summed E-state index contributed by atoms with van der Waals surface area (Å²) in [7, 11) is 0. The summed E-state index contributed by atoms with van der Waals surface area (Å²) in [5.74, 6) is 0.144. The maximum absolute atomic E-state index is 11.6. The van der Waals surface area contributed by atoms with E-state index in [1.807, 2.05) is 6.07 Å². The van der Waals surface area contributed by atoms with Gasteiger partial charge in [0.25, 0.3) is 0 Å². The van der Waals surface area contributed by atoms with E-state index in [-0.39, 0.29) is 5.91 Å². The summed E-state index contributed by atoms with van der Waals surface area (Å²) in [4.78, 5) is 11.6. The molecule has 0 aromatic heterocycles. The van der Waals surface area contributed by atoms with Crippen LogP contribution in [0.5, 0.6) is 0 Å². The Morgan fingerprint density at radius 2 is 1.52 bits per heavy atom. The fraction of sp³-hybridized carbons (Fsp3) is 0.316. The van der Waals surface area contributed by atoms with Crippen LogP contribution in [0.1, 0.15) is 36.5 Å². The Labute approximate surface area is 127 Å². The Morgan fingerprint density at radius 1 is 0.905 bits per heavy atom. The second-order valence-electron chi connectivity index (χ2n) is 5.33. The fourth-order valence-corrected chi connectivity index (χ4v) is 2.27. The van der Waals surface area contributed by atoms with Crippen molar-refractivity contribution in [3.05, 3.63) is 71.3 Å². The average Bonchev–Trinajstić information content (AvgIpc) is 2.53. The Bertz CT molecular complexity index is 546. The fourth-order valence-electron chi connectivity index (χ4n) is 2.27. The molecule has 1 amide bonds. The smallest absolute Gasteiger partial charge is 0.220 e. The number of carbonyl (C=O) groups excluding carboxylic acids is 1. The van der Waals surface area contributed by atoms with Gasteiger partial charge in [0.1, 0.15) is 0 Å². The van der Waals surface area contributed by atoms with Crippen molar-refractivity contribution in [1.82, 2.24) is 5.32 Å². The van der Waals surface area contributed by atoms with Crippen LogP contribution < -0.4 is 5.32 Å². The van der Waals surface area contributed by atoms with Gasteiger partial charge in [0, 0.05) is 13.0 Å². The molecule has 110 valence electrons. The number of nitrogens with one attached hydrogen (secondary N) is 1. The number of carbonyl (C=O) groups is 1. The van der Waals surface area contributed by atoms with Crippen molar-refractivity contribution < 1.29 is 4.79 Å². The molecule has 21 heavy (non-hydrogen) atoms. The summed E-state index contributed by atoms with van der Waals surface area (Å²) < 4.78 is 0. The van der Waals surface area contributed by atoms with Crippen molar-refractivity contribution in [2.24, 2.45) is 0 Å². The lowest BCUT2D eigenvalue weighted by molar-refractivity contribution is -0.121. The van der Waals surface area contributed by atoms with E-state index in [4.69, 9.17) is 0 Å². The van der Waals surface area contributed by atoms with E-state index < -0.39 is 0 Å². The second kappa shape index (κ2) is 8.25. The third-order valence-corrected chi connectivity index (χ3v) is 3.49. The summed E-state index contributed by atoms with van der Waals surface area (Å²) in [6.07, 6.45) is 3.32. The van der Waals surface area contributed by atoms with E-state index in [0.29, 0.717) is 6.42 Å². The number of hydrogen-bond donors (Lipinski definition) is 1. The molecule has 0 spiro atoms. The summed E-state index contributed by atoms with van der Waals surface area (Å²) in [6, 6.07) is 19.0. The molecular weight excluding hydrogens is 258 g/mol. The third-order valence-electron chi connectivity index (χ3n) is 3.49. The molecule has 0 aliphatic heterocycles. The first-order chi connectivity index (χ1) is 10.3. The highest BCUT2D eigenvalue weighted by atomic mass is 16.1. The van der Waals surface area contributed by atoms with Crippen LogP contribution in [0.2, 0.25) is 0 Å². The van der Waals surface area contributed by atoms with Crippen molar-refractivity contribution in [3.63, 3.8) is 0 Å². The maximum atomic E-state index is 11.6. The summed E-state index contributed by atoms with van der Waals surface area (Å²) in [6.45, 7) is 2.83. The molecule has 0 saturated heterocycles. The van der Waals surface area contributed by atoms with E-state index in [0.717, 1.165) is 25.8 Å². The number of benzene rings is 2. The molecule has 2 aromatic carbocycles. The van der Waals surface area contributed by atoms with Gasteiger partial charge in [-0.3, -0.25) is 4.79 Å². The predicted molar refractivity (Wildman–Crippen MR) is 87.3 cm³/mol. The molecule has 0 bridgehead atoms. The van der Waals surface area contributed by atoms with Crippen molar-refractivity contribution in [2.45, 2.75) is 32.6 Å². The highest BCUT2D eigenvalue weighted by molar-refractivity contribution is 5.76. The van der Waals surface area contributed by atoms with Gasteiger partial charge in [-0.25, -0.2) is 0 Å². The molecular formula is C19H23NO. The quantitative estimate of drug-likeness (QED) is 0.823. The number of amides is 1. The van der Waals surface area contributed by atoms with Gasteiger partial charge in [0.05, 0.1) is 0 Å². The van der Waals surface area contributed by atoms with Gasteiger partial charge in [-0.15, -0.1) is 0 Å². The van der Waals surface area contributed by atoms with Gasteiger partial charge in [0.2, 0.25) is 5.91 Å². The highest BCUT2D eigenvalue weighted by Gasteiger charge is 2.02. The van der Waals surface area contributed by atoms with Crippen molar-refractivity contribution in [2.75, 3.05) is 6.54 Å². The molecule has 0 fully saturated rings. The molecule has 0 radical (unpaired) electrons. The molecule has 0 unspecified atom stereocenters. The van der Waals surface area contributed by atoms with Crippen molar-refractivity contribution in [3.8, 4) is 0 Å². The van der Waals surface area contributed by atoms with Crippen LogP contribution in [0, 0.1) is 0 Å². The van der Waals surface area contributed by atoms with Crippen LogP contribution in [0.4, 0.5) is 0 Å². The SMILES string of the molecule is CCCNC(=O)CCc1ccc(Cc2ccccc2)cc1. The number of aryl methyl sites for hydroxylation is 1. The lowest BCUT2D eigenvalue weighted by Gasteiger charge is -2.06. The van der Waals surface area contributed by atoms with Gasteiger partial charge >= 0.3 is 0 Å². The molecule has 0 atom stereocenters. The largest absolute Gasteiger partial charge is 0.356 e. The van der Waals surface area contributed by atoms with Crippen LogP contribution >= 0.6 is 0 Å². The normalized spacial score (nSPS) is 10.3. The van der Waals surface area contributed by atoms with Gasteiger partial charge in [-0.2, -0.15) is 0 Å². The number of rotatable bonds is 7. The van der Waals surface area contributed by atoms with E-state index in [1.54, 1.807) is 0 Å². The Balaban J connectivity index is 1.83. The van der Waals surface area contributed by atoms with Crippen molar-refractivity contribution >= 4 is 5.91 Å². The standard InChI is InChI=1S/C19H23NO/c1-2-14-20-19(21)13-12-16-8-10-18(11-9-16)15-17-6-4-3-5-7-17/h3-11H,2,12-15H2,1H3,(H,20,21). The van der Waals surface area contributed by atoms with Gasteiger partial charge in [-0.05, 0) is 36.0 Å². The lowest BCUT2D eigenvalue weighted by atomic mass is 10.0. The zero-order valence-corrected chi connectivity index (χ0v) is 12.6. The zero-order chi connectivity index (χ0) is 14.9. The second-order valence-corrected chi connectivity index (χ2v) is 5.33. The van der Waals surface area contributed by atoms with Gasteiger partial charge < -0.3 is 5.32 Å². The Kier molecular flexibility index (Phi) is 6.01. The van der Waals surface area contributed by atoms with Crippen LogP contribution in [0.15, 0.2) is 54.6 Å². The molecule has 0 saturated carbocycles. The predicted octanol–water partition coefficient (Wildman–Crippen LogP) is 3.74. The minimum atomic E-state index is 0.144. The first-order valence-electron chi connectivity index (χ1n) is 7.66. The van der Waals surface area contributed by atoms with E-state index in [9.17, 15) is 4.79 Å². The minimum absolute atomic E-state index is 0.144. The monoisotopic (exact) mass is 281 g/mol. The average molecular weight is 281 g/mol. The summed E-state index contributed by atoms with van der Waals surface area (Å²) in [5.41, 5.74) is 3.85. The molecule has 2 rings (SSSR count). The molecule has 1 N–H and O–H groups in total. The molecule has 0 heterocycles. The first-order valence-corrected chi connectivity index (χ1v) is 7.66. The molecule has 0 aliphatic carbocycles. The third kappa shape index (κ3) is 5.42. The Hall–Kier alpha value is -2.09.